The van der Waals surface area contributed by atoms with Crippen LogP contribution in [0.15, 0.2) is 47.1 Å². The Morgan fingerprint density at radius 1 is 1.16 bits per heavy atom. The molecule has 0 aliphatic carbocycles. The summed E-state index contributed by atoms with van der Waals surface area (Å²) in [5.41, 5.74) is 6.13. The smallest absolute Gasteiger partial charge is 0.319 e. The van der Waals surface area contributed by atoms with Gasteiger partial charge in [0, 0.05) is 10.7 Å². The molecule has 2 rings (SSSR count). The second-order valence-corrected chi connectivity index (χ2v) is 4.83. The van der Waals surface area contributed by atoms with Crippen LogP contribution in [0, 0.1) is 0 Å². The zero-order valence-electron chi connectivity index (χ0n) is 9.66. The summed E-state index contributed by atoms with van der Waals surface area (Å²) >= 11 is 3.29. The lowest BCUT2D eigenvalue weighted by Gasteiger charge is -2.15. The van der Waals surface area contributed by atoms with Gasteiger partial charge in [-0.15, -0.1) is 0 Å². The number of aromatic nitrogens is 1. The van der Waals surface area contributed by atoms with Crippen molar-refractivity contribution in [3.8, 4) is 0 Å². The zero-order valence-corrected chi connectivity index (χ0v) is 11.2. The van der Waals surface area contributed by atoms with Gasteiger partial charge in [-0.05, 0) is 45.8 Å². The quantitative estimate of drug-likeness (QED) is 0.906. The molecule has 0 saturated heterocycles. The summed E-state index contributed by atoms with van der Waals surface area (Å²) in [6, 6.07) is 7.71. The second-order valence-electron chi connectivity index (χ2n) is 3.97. The van der Waals surface area contributed by atoms with E-state index in [0.29, 0.717) is 15.7 Å². The van der Waals surface area contributed by atoms with Crippen LogP contribution >= 0.6 is 15.9 Å². The van der Waals surface area contributed by atoms with Gasteiger partial charge in [0.1, 0.15) is 0 Å². The minimum absolute atomic E-state index is 0.370. The largest absolute Gasteiger partial charge is 0.416 e. The van der Waals surface area contributed by atoms with Crippen molar-refractivity contribution >= 4 is 15.9 Å². The number of rotatable bonds is 2. The van der Waals surface area contributed by atoms with Gasteiger partial charge in [-0.25, -0.2) is 0 Å². The molecular formula is C13H10BrF3N2. The molecule has 0 amide bonds. The summed E-state index contributed by atoms with van der Waals surface area (Å²) in [5.74, 6) is 0. The summed E-state index contributed by atoms with van der Waals surface area (Å²) < 4.78 is 38.6. The number of pyridine rings is 1. The van der Waals surface area contributed by atoms with Crippen LogP contribution in [0.5, 0.6) is 0 Å². The highest BCUT2D eigenvalue weighted by Gasteiger charge is 2.31. The van der Waals surface area contributed by atoms with Crippen LogP contribution in [0.2, 0.25) is 0 Å². The van der Waals surface area contributed by atoms with Crippen LogP contribution in [0.25, 0.3) is 0 Å². The molecule has 1 atom stereocenters. The molecule has 0 spiro atoms. The number of hydrogen-bond donors (Lipinski definition) is 1. The number of nitrogens with zero attached hydrogens (tertiary/aromatic N) is 1. The first-order valence-electron chi connectivity index (χ1n) is 5.43. The molecule has 2 nitrogen and oxygen atoms in total. The van der Waals surface area contributed by atoms with E-state index in [1.54, 1.807) is 24.4 Å². The normalized spacial score (nSPS) is 13.3. The third kappa shape index (κ3) is 3.13. The summed E-state index contributed by atoms with van der Waals surface area (Å²) in [4.78, 5) is 4.09. The van der Waals surface area contributed by atoms with Gasteiger partial charge >= 0.3 is 6.18 Å². The molecule has 1 heterocycles. The van der Waals surface area contributed by atoms with Crippen LogP contribution in [-0.2, 0) is 6.18 Å². The molecule has 19 heavy (non-hydrogen) atoms. The van der Waals surface area contributed by atoms with Crippen molar-refractivity contribution in [2.24, 2.45) is 5.73 Å². The Morgan fingerprint density at radius 2 is 1.89 bits per heavy atom. The van der Waals surface area contributed by atoms with Gasteiger partial charge in [0.2, 0.25) is 0 Å². The molecule has 0 radical (unpaired) electrons. The van der Waals surface area contributed by atoms with Crippen LogP contribution in [0.4, 0.5) is 13.2 Å². The van der Waals surface area contributed by atoms with Crippen molar-refractivity contribution in [3.05, 3.63) is 63.9 Å². The summed E-state index contributed by atoms with van der Waals surface area (Å²) in [6.07, 6.45) is -2.83. The summed E-state index contributed by atoms with van der Waals surface area (Å²) in [6.45, 7) is 0. The molecule has 0 aliphatic rings. The monoisotopic (exact) mass is 330 g/mol. The Morgan fingerprint density at radius 3 is 2.53 bits per heavy atom. The molecule has 1 aromatic heterocycles. The van der Waals surface area contributed by atoms with E-state index in [1.165, 1.54) is 6.07 Å². The molecule has 0 aliphatic heterocycles. The van der Waals surface area contributed by atoms with E-state index in [1.807, 2.05) is 0 Å². The molecule has 0 saturated carbocycles. The van der Waals surface area contributed by atoms with Crippen LogP contribution in [-0.4, -0.2) is 4.98 Å². The van der Waals surface area contributed by atoms with Gasteiger partial charge in [0.25, 0.3) is 0 Å². The highest BCUT2D eigenvalue weighted by molar-refractivity contribution is 9.10. The molecular weight excluding hydrogens is 321 g/mol. The van der Waals surface area contributed by atoms with E-state index in [2.05, 4.69) is 20.9 Å². The molecule has 6 heteroatoms. The summed E-state index contributed by atoms with van der Waals surface area (Å²) in [5, 5.41) is 0. The maximum Gasteiger partial charge on any atom is 0.416 e. The van der Waals surface area contributed by atoms with Crippen LogP contribution in [0.3, 0.4) is 0 Å². The maximum absolute atomic E-state index is 12.6. The van der Waals surface area contributed by atoms with Gasteiger partial charge in [-0.3, -0.25) is 4.98 Å². The highest BCUT2D eigenvalue weighted by Crippen LogP contribution is 2.32. The van der Waals surface area contributed by atoms with E-state index in [4.69, 9.17) is 5.73 Å². The van der Waals surface area contributed by atoms with Crippen molar-refractivity contribution < 1.29 is 13.2 Å². The average Bonchev–Trinajstić information content (AvgIpc) is 2.38. The number of halogens is 4. The van der Waals surface area contributed by atoms with Crippen molar-refractivity contribution in [2.45, 2.75) is 12.2 Å². The van der Waals surface area contributed by atoms with E-state index >= 15 is 0 Å². The number of nitrogens with two attached hydrogens (primary N) is 1. The van der Waals surface area contributed by atoms with E-state index in [0.717, 1.165) is 12.1 Å². The van der Waals surface area contributed by atoms with Crippen molar-refractivity contribution in [2.75, 3.05) is 0 Å². The maximum atomic E-state index is 12.6. The van der Waals surface area contributed by atoms with Crippen LogP contribution in [0.1, 0.15) is 22.9 Å². The molecule has 2 aromatic rings. The van der Waals surface area contributed by atoms with Gasteiger partial charge in [0.05, 0.1) is 17.3 Å². The van der Waals surface area contributed by atoms with Gasteiger partial charge < -0.3 is 5.73 Å². The third-order valence-electron chi connectivity index (χ3n) is 2.65. The Bertz CT molecular complexity index is 584. The lowest BCUT2D eigenvalue weighted by atomic mass is 10.0. The Kier molecular flexibility index (Phi) is 3.91. The fourth-order valence-corrected chi connectivity index (χ4v) is 2.19. The van der Waals surface area contributed by atoms with Crippen molar-refractivity contribution in [3.63, 3.8) is 0 Å². The van der Waals surface area contributed by atoms with Crippen molar-refractivity contribution in [1.29, 1.82) is 0 Å². The average molecular weight is 331 g/mol. The predicted octanol–water partition coefficient (Wildman–Crippen LogP) is 3.91. The Labute approximate surface area is 116 Å². The molecule has 0 bridgehead atoms. The highest BCUT2D eigenvalue weighted by atomic mass is 79.9. The number of alkyl halides is 3. The summed E-state index contributed by atoms with van der Waals surface area (Å²) in [7, 11) is 0. The first kappa shape index (κ1) is 14.0. The predicted molar refractivity (Wildman–Crippen MR) is 69.4 cm³/mol. The molecule has 1 aromatic carbocycles. The van der Waals surface area contributed by atoms with E-state index < -0.39 is 17.8 Å². The zero-order chi connectivity index (χ0) is 14.0. The first-order chi connectivity index (χ1) is 8.89. The molecule has 2 N–H and O–H groups in total. The third-order valence-corrected chi connectivity index (χ3v) is 3.33. The lowest BCUT2D eigenvalue weighted by Crippen LogP contribution is -2.15. The second kappa shape index (κ2) is 5.30. The topological polar surface area (TPSA) is 38.9 Å². The van der Waals surface area contributed by atoms with Crippen molar-refractivity contribution in [1.82, 2.24) is 4.98 Å². The first-order valence-corrected chi connectivity index (χ1v) is 6.22. The Hall–Kier alpha value is -1.40. The molecule has 1 unspecified atom stereocenters. The van der Waals surface area contributed by atoms with Crippen LogP contribution < -0.4 is 5.73 Å². The fraction of sp³-hybridized carbons (Fsp3) is 0.154. The van der Waals surface area contributed by atoms with Gasteiger partial charge in [-0.1, -0.05) is 12.1 Å². The fourth-order valence-electron chi connectivity index (χ4n) is 1.69. The minimum Gasteiger partial charge on any atom is -0.319 e. The standard InChI is InChI=1S/C13H10BrF3N2/c14-10-5-2-6-19-12(10)11(18)8-3-1-4-9(7-8)13(15,16)17/h1-7,11H,18H2. The van der Waals surface area contributed by atoms with E-state index in [9.17, 15) is 13.2 Å². The SMILES string of the molecule is NC(c1cccc(C(F)(F)F)c1)c1ncccc1Br. The van der Waals surface area contributed by atoms with Gasteiger partial charge in [-0.2, -0.15) is 13.2 Å². The number of benzene rings is 1. The van der Waals surface area contributed by atoms with Gasteiger partial charge in [0.15, 0.2) is 0 Å². The molecule has 0 fully saturated rings. The minimum atomic E-state index is -4.38. The molecule has 100 valence electrons. The van der Waals surface area contributed by atoms with E-state index in [-0.39, 0.29) is 0 Å². The lowest BCUT2D eigenvalue weighted by molar-refractivity contribution is -0.137. The Balaban J connectivity index is 2.40. The number of hydrogen-bond acceptors (Lipinski definition) is 2.